The maximum absolute atomic E-state index is 13.3. The van der Waals surface area contributed by atoms with Gasteiger partial charge in [0.15, 0.2) is 0 Å². The predicted octanol–water partition coefficient (Wildman–Crippen LogP) is 4.12. The summed E-state index contributed by atoms with van der Waals surface area (Å²) in [7, 11) is 1.62. The molecule has 0 radical (unpaired) electrons. The Labute approximate surface area is 188 Å². The second-order valence-corrected chi connectivity index (χ2v) is 7.41. The van der Waals surface area contributed by atoms with Crippen LogP contribution in [0.5, 0.6) is 5.75 Å². The minimum absolute atomic E-state index is 0.0162. The number of hydrogen-bond acceptors (Lipinski definition) is 5. The minimum Gasteiger partial charge on any atom is -0.497 e. The van der Waals surface area contributed by atoms with Crippen molar-refractivity contribution in [3.63, 3.8) is 0 Å². The molecule has 1 N–H and O–H groups in total. The van der Waals surface area contributed by atoms with Crippen LogP contribution in [0, 0.1) is 5.82 Å². The Bertz CT molecular complexity index is 1240. The van der Waals surface area contributed by atoms with Gasteiger partial charge in [-0.25, -0.2) is 4.39 Å². The molecule has 1 aromatic heterocycles. The highest BCUT2D eigenvalue weighted by Gasteiger charge is 2.11. The molecule has 9 heteroatoms. The summed E-state index contributed by atoms with van der Waals surface area (Å²) < 4.78 is 18.4. The van der Waals surface area contributed by atoms with Crippen LogP contribution in [0.15, 0.2) is 66.7 Å². The van der Waals surface area contributed by atoms with Gasteiger partial charge in [0.2, 0.25) is 5.82 Å². The number of nitrogens with one attached hydrogen (secondary N) is 1. The number of amides is 1. The minimum atomic E-state index is -0.498. The molecule has 4 aromatic rings. The maximum Gasteiger partial charge on any atom is 0.251 e. The molecule has 0 bridgehead atoms. The molecule has 0 atom stereocenters. The van der Waals surface area contributed by atoms with Crippen molar-refractivity contribution in [1.29, 1.82) is 0 Å². The zero-order chi connectivity index (χ0) is 22.5. The van der Waals surface area contributed by atoms with Crippen LogP contribution in [0.25, 0.3) is 11.4 Å². The summed E-state index contributed by atoms with van der Waals surface area (Å²) in [6.45, 7) is 0.677. The fraction of sp³-hybridized carbons (Fsp3) is 0.130. The van der Waals surface area contributed by atoms with Crippen LogP contribution in [-0.2, 0) is 13.1 Å². The van der Waals surface area contributed by atoms with E-state index in [9.17, 15) is 9.18 Å². The number of nitrogens with zero attached hydrogens (tertiary/aromatic N) is 4. The van der Waals surface area contributed by atoms with Gasteiger partial charge >= 0.3 is 0 Å². The van der Waals surface area contributed by atoms with Crippen molar-refractivity contribution in [2.45, 2.75) is 13.1 Å². The average Bonchev–Trinajstić information content (AvgIpc) is 3.29. The third-order valence-electron chi connectivity index (χ3n) is 4.76. The first-order valence-corrected chi connectivity index (χ1v) is 10.1. The molecule has 32 heavy (non-hydrogen) atoms. The SMILES string of the molecule is COc1ccc(Cn2nnc(-c3cccc(C(=O)NCc4ccc(F)c(Cl)c4)c3)n2)cc1. The van der Waals surface area contributed by atoms with E-state index >= 15 is 0 Å². The first kappa shape index (κ1) is 21.5. The summed E-state index contributed by atoms with van der Waals surface area (Å²) in [6.07, 6.45) is 0. The molecule has 3 aromatic carbocycles. The maximum atomic E-state index is 13.3. The second-order valence-electron chi connectivity index (χ2n) is 7.00. The first-order valence-electron chi connectivity index (χ1n) is 9.75. The Morgan fingerprint density at radius 1 is 1.09 bits per heavy atom. The van der Waals surface area contributed by atoms with Gasteiger partial charge in [0.25, 0.3) is 5.91 Å². The highest BCUT2D eigenvalue weighted by Crippen LogP contribution is 2.18. The Kier molecular flexibility index (Phi) is 6.42. The van der Waals surface area contributed by atoms with Crippen molar-refractivity contribution in [3.8, 4) is 17.1 Å². The van der Waals surface area contributed by atoms with E-state index in [0.29, 0.717) is 29.1 Å². The van der Waals surface area contributed by atoms with Crippen LogP contribution < -0.4 is 10.1 Å². The molecule has 0 saturated carbocycles. The first-order chi connectivity index (χ1) is 15.5. The Morgan fingerprint density at radius 3 is 2.62 bits per heavy atom. The highest BCUT2D eigenvalue weighted by atomic mass is 35.5. The zero-order valence-electron chi connectivity index (χ0n) is 17.1. The van der Waals surface area contributed by atoms with Crippen molar-refractivity contribution in [2.75, 3.05) is 7.11 Å². The van der Waals surface area contributed by atoms with E-state index in [2.05, 4.69) is 20.7 Å². The molecular formula is C23H19ClFN5O2. The fourth-order valence-electron chi connectivity index (χ4n) is 3.05. The number of carbonyl (C=O) groups excluding carboxylic acids is 1. The molecule has 4 rings (SSSR count). The van der Waals surface area contributed by atoms with E-state index in [1.54, 1.807) is 31.4 Å². The molecule has 0 unspecified atom stereocenters. The van der Waals surface area contributed by atoms with E-state index in [1.165, 1.54) is 16.9 Å². The van der Waals surface area contributed by atoms with E-state index in [0.717, 1.165) is 11.3 Å². The zero-order valence-corrected chi connectivity index (χ0v) is 17.9. The van der Waals surface area contributed by atoms with Gasteiger partial charge in [0, 0.05) is 17.7 Å². The molecule has 0 aliphatic rings. The summed E-state index contributed by atoms with van der Waals surface area (Å²) in [5.41, 5.74) is 2.82. The molecule has 0 saturated heterocycles. The summed E-state index contributed by atoms with van der Waals surface area (Å²) in [6, 6.07) is 18.9. The smallest absolute Gasteiger partial charge is 0.251 e. The van der Waals surface area contributed by atoms with E-state index < -0.39 is 5.82 Å². The lowest BCUT2D eigenvalue weighted by atomic mass is 10.1. The molecule has 1 heterocycles. The van der Waals surface area contributed by atoms with Crippen LogP contribution in [0.2, 0.25) is 5.02 Å². The lowest BCUT2D eigenvalue weighted by molar-refractivity contribution is 0.0951. The molecule has 0 fully saturated rings. The van der Waals surface area contributed by atoms with Gasteiger partial charge < -0.3 is 10.1 Å². The van der Waals surface area contributed by atoms with Gasteiger partial charge in [-0.15, -0.1) is 10.2 Å². The van der Waals surface area contributed by atoms with Crippen molar-refractivity contribution >= 4 is 17.5 Å². The third kappa shape index (κ3) is 5.09. The van der Waals surface area contributed by atoms with Crippen LogP contribution in [0.4, 0.5) is 4.39 Å². The number of aromatic nitrogens is 4. The van der Waals surface area contributed by atoms with Gasteiger partial charge in [0.1, 0.15) is 11.6 Å². The predicted molar refractivity (Wildman–Crippen MR) is 118 cm³/mol. The summed E-state index contributed by atoms with van der Waals surface area (Å²) in [5.74, 6) is 0.414. The van der Waals surface area contributed by atoms with Crippen LogP contribution in [0.3, 0.4) is 0 Å². The van der Waals surface area contributed by atoms with E-state index in [1.807, 2.05) is 30.3 Å². The van der Waals surface area contributed by atoms with Crippen LogP contribution in [-0.4, -0.2) is 33.2 Å². The molecule has 162 valence electrons. The van der Waals surface area contributed by atoms with Crippen LogP contribution in [0.1, 0.15) is 21.5 Å². The molecule has 7 nitrogen and oxygen atoms in total. The Balaban J connectivity index is 1.43. The molecule has 0 spiro atoms. The molecule has 0 aliphatic heterocycles. The summed E-state index contributed by atoms with van der Waals surface area (Å²) >= 11 is 5.79. The monoisotopic (exact) mass is 451 g/mol. The third-order valence-corrected chi connectivity index (χ3v) is 5.05. The van der Waals surface area contributed by atoms with E-state index in [4.69, 9.17) is 16.3 Å². The molecule has 0 aliphatic carbocycles. The lowest BCUT2D eigenvalue weighted by Crippen LogP contribution is -2.22. The lowest BCUT2D eigenvalue weighted by Gasteiger charge is -2.07. The highest BCUT2D eigenvalue weighted by molar-refractivity contribution is 6.30. The molecular weight excluding hydrogens is 433 g/mol. The summed E-state index contributed by atoms with van der Waals surface area (Å²) in [4.78, 5) is 14.1. The van der Waals surface area contributed by atoms with Crippen molar-refractivity contribution < 1.29 is 13.9 Å². The Morgan fingerprint density at radius 2 is 1.88 bits per heavy atom. The number of benzene rings is 3. The largest absolute Gasteiger partial charge is 0.497 e. The van der Waals surface area contributed by atoms with Gasteiger partial charge in [0.05, 0.1) is 18.7 Å². The standard InChI is InChI=1S/C23H19ClFN5O2/c1-32-19-8-5-15(6-9-19)14-30-28-22(27-29-30)17-3-2-4-18(12-17)23(31)26-13-16-7-10-21(25)20(24)11-16/h2-12H,13-14H2,1H3,(H,26,31). The van der Waals surface area contributed by atoms with E-state index in [-0.39, 0.29) is 17.5 Å². The number of halogens is 2. The number of rotatable bonds is 7. The number of hydrogen-bond donors (Lipinski definition) is 1. The second kappa shape index (κ2) is 9.57. The fourth-order valence-corrected chi connectivity index (χ4v) is 3.26. The van der Waals surface area contributed by atoms with Gasteiger partial charge in [-0.3, -0.25) is 4.79 Å². The topological polar surface area (TPSA) is 81.9 Å². The van der Waals surface area contributed by atoms with Gasteiger partial charge in [-0.1, -0.05) is 41.9 Å². The number of methoxy groups -OCH3 is 1. The van der Waals surface area contributed by atoms with Crippen molar-refractivity contribution in [2.24, 2.45) is 0 Å². The number of tetrazole rings is 1. The average molecular weight is 452 g/mol. The number of carbonyl (C=O) groups is 1. The van der Waals surface area contributed by atoms with Crippen molar-refractivity contribution in [1.82, 2.24) is 25.5 Å². The quantitative estimate of drug-likeness (QED) is 0.457. The normalized spacial score (nSPS) is 10.7. The van der Waals surface area contributed by atoms with Crippen molar-refractivity contribution in [3.05, 3.63) is 94.3 Å². The number of ether oxygens (including phenoxy) is 1. The van der Waals surface area contributed by atoms with Gasteiger partial charge in [-0.2, -0.15) is 4.80 Å². The van der Waals surface area contributed by atoms with Crippen LogP contribution >= 0.6 is 11.6 Å². The Hall–Kier alpha value is -3.78. The van der Waals surface area contributed by atoms with Gasteiger partial charge in [-0.05, 0) is 52.7 Å². The summed E-state index contributed by atoms with van der Waals surface area (Å²) in [5, 5.41) is 15.4. The molecule has 1 amide bonds.